The van der Waals surface area contributed by atoms with Gasteiger partial charge in [-0.15, -0.1) is 0 Å². The van der Waals surface area contributed by atoms with E-state index in [9.17, 15) is 0 Å². The van der Waals surface area contributed by atoms with Crippen LogP contribution in [0.3, 0.4) is 0 Å². The number of hydrogen-bond acceptors (Lipinski definition) is 2. The molecule has 1 N–H and O–H groups in total. The first-order valence-corrected chi connectivity index (χ1v) is 7.67. The number of likely N-dealkylation sites (tertiary alicyclic amines) is 1. The van der Waals surface area contributed by atoms with E-state index < -0.39 is 0 Å². The molecule has 2 aliphatic heterocycles. The molecule has 0 aliphatic carbocycles. The maximum absolute atomic E-state index is 3.71. The van der Waals surface area contributed by atoms with E-state index in [1.807, 2.05) is 0 Å². The van der Waals surface area contributed by atoms with Gasteiger partial charge in [0.15, 0.2) is 0 Å². The molecular weight excluding hydrogens is 208 g/mol. The van der Waals surface area contributed by atoms with Crippen LogP contribution in [0.25, 0.3) is 0 Å². The zero-order valence-corrected chi connectivity index (χ0v) is 11.9. The Morgan fingerprint density at radius 3 is 2.53 bits per heavy atom. The number of rotatable bonds is 4. The second-order valence-electron chi connectivity index (χ2n) is 6.23. The number of nitrogens with zero attached hydrogens (tertiary/aromatic N) is 1. The lowest BCUT2D eigenvalue weighted by atomic mass is 9.88. The van der Waals surface area contributed by atoms with Crippen molar-refractivity contribution in [1.82, 2.24) is 10.2 Å². The molecule has 0 saturated carbocycles. The Balaban J connectivity index is 1.80. The normalized spacial score (nSPS) is 37.2. The summed E-state index contributed by atoms with van der Waals surface area (Å²) >= 11 is 0. The predicted molar refractivity (Wildman–Crippen MR) is 74.3 cm³/mol. The Morgan fingerprint density at radius 2 is 1.94 bits per heavy atom. The fourth-order valence-electron chi connectivity index (χ4n) is 3.82. The van der Waals surface area contributed by atoms with Crippen molar-refractivity contribution in [3.8, 4) is 0 Å². The first-order chi connectivity index (χ1) is 8.22. The lowest BCUT2D eigenvalue weighted by Crippen LogP contribution is -2.42. The van der Waals surface area contributed by atoms with Crippen LogP contribution in [0.4, 0.5) is 0 Å². The number of piperidine rings is 1. The SMILES string of the molecule is CCC1CCC(CC(C)C2CCCCN2)N1C. The molecule has 2 heteroatoms. The lowest BCUT2D eigenvalue weighted by Gasteiger charge is -2.33. The van der Waals surface area contributed by atoms with Crippen LogP contribution < -0.4 is 5.32 Å². The van der Waals surface area contributed by atoms with Gasteiger partial charge in [-0.1, -0.05) is 20.3 Å². The molecule has 2 saturated heterocycles. The van der Waals surface area contributed by atoms with E-state index in [2.05, 4.69) is 31.1 Å². The van der Waals surface area contributed by atoms with E-state index in [0.717, 1.165) is 24.0 Å². The van der Waals surface area contributed by atoms with Crippen LogP contribution in [-0.2, 0) is 0 Å². The quantitative estimate of drug-likeness (QED) is 0.810. The molecule has 0 aromatic rings. The first-order valence-electron chi connectivity index (χ1n) is 7.67. The fourth-order valence-corrected chi connectivity index (χ4v) is 3.82. The van der Waals surface area contributed by atoms with Crippen LogP contribution in [0, 0.1) is 5.92 Å². The van der Waals surface area contributed by atoms with Crippen molar-refractivity contribution < 1.29 is 0 Å². The van der Waals surface area contributed by atoms with Crippen LogP contribution in [-0.4, -0.2) is 36.6 Å². The fraction of sp³-hybridized carbons (Fsp3) is 1.00. The van der Waals surface area contributed by atoms with Gasteiger partial charge in [0.25, 0.3) is 0 Å². The van der Waals surface area contributed by atoms with E-state index in [-0.39, 0.29) is 0 Å². The largest absolute Gasteiger partial charge is 0.314 e. The minimum Gasteiger partial charge on any atom is -0.314 e. The van der Waals surface area contributed by atoms with Crippen molar-refractivity contribution >= 4 is 0 Å². The monoisotopic (exact) mass is 238 g/mol. The van der Waals surface area contributed by atoms with Gasteiger partial charge < -0.3 is 10.2 Å². The standard InChI is InChI=1S/C15H30N2/c1-4-13-8-9-14(17(13)3)11-12(2)15-7-5-6-10-16-15/h12-16H,4-11H2,1-3H3. The minimum atomic E-state index is 0.790. The third-order valence-electron chi connectivity index (χ3n) is 5.14. The average molecular weight is 238 g/mol. The zero-order valence-electron chi connectivity index (χ0n) is 11.9. The third-order valence-corrected chi connectivity index (χ3v) is 5.14. The van der Waals surface area contributed by atoms with Crippen molar-refractivity contribution in [2.24, 2.45) is 5.92 Å². The summed E-state index contributed by atoms with van der Waals surface area (Å²) < 4.78 is 0. The summed E-state index contributed by atoms with van der Waals surface area (Å²) in [6, 6.07) is 2.49. The van der Waals surface area contributed by atoms with Gasteiger partial charge in [-0.05, 0) is 58.0 Å². The average Bonchev–Trinajstić information content (AvgIpc) is 2.71. The van der Waals surface area contributed by atoms with Gasteiger partial charge in [0.2, 0.25) is 0 Å². The highest BCUT2D eigenvalue weighted by Crippen LogP contribution is 2.30. The molecule has 0 aromatic carbocycles. The van der Waals surface area contributed by atoms with Crippen LogP contribution in [0.1, 0.15) is 58.8 Å². The molecule has 2 heterocycles. The smallest absolute Gasteiger partial charge is 0.00988 e. The molecule has 2 rings (SSSR count). The molecule has 2 fully saturated rings. The molecule has 2 nitrogen and oxygen atoms in total. The molecule has 0 aromatic heterocycles. The summed E-state index contributed by atoms with van der Waals surface area (Å²) in [6.45, 7) is 6.03. The minimum absolute atomic E-state index is 0.790. The molecule has 0 bridgehead atoms. The van der Waals surface area contributed by atoms with Gasteiger partial charge in [0.1, 0.15) is 0 Å². The van der Waals surface area contributed by atoms with Crippen molar-refractivity contribution in [3.05, 3.63) is 0 Å². The van der Waals surface area contributed by atoms with Crippen molar-refractivity contribution in [2.45, 2.75) is 76.9 Å². The van der Waals surface area contributed by atoms with E-state index in [1.54, 1.807) is 0 Å². The maximum atomic E-state index is 3.71. The molecule has 4 atom stereocenters. The van der Waals surface area contributed by atoms with Crippen LogP contribution in [0.5, 0.6) is 0 Å². The first kappa shape index (κ1) is 13.4. The van der Waals surface area contributed by atoms with Crippen LogP contribution >= 0.6 is 0 Å². The molecule has 2 aliphatic rings. The van der Waals surface area contributed by atoms with Gasteiger partial charge >= 0.3 is 0 Å². The molecule has 0 spiro atoms. The van der Waals surface area contributed by atoms with E-state index in [0.29, 0.717) is 0 Å². The van der Waals surface area contributed by atoms with Gasteiger partial charge in [-0.2, -0.15) is 0 Å². The Hall–Kier alpha value is -0.0800. The highest BCUT2D eigenvalue weighted by molar-refractivity contribution is 4.88. The van der Waals surface area contributed by atoms with Gasteiger partial charge in [0, 0.05) is 18.1 Å². The van der Waals surface area contributed by atoms with Crippen molar-refractivity contribution in [3.63, 3.8) is 0 Å². The molecule has 100 valence electrons. The van der Waals surface area contributed by atoms with E-state index in [1.165, 1.54) is 51.5 Å². The highest BCUT2D eigenvalue weighted by Gasteiger charge is 2.31. The van der Waals surface area contributed by atoms with E-state index in [4.69, 9.17) is 0 Å². The van der Waals surface area contributed by atoms with Gasteiger partial charge in [-0.3, -0.25) is 0 Å². The maximum Gasteiger partial charge on any atom is 0.00988 e. The summed E-state index contributed by atoms with van der Waals surface area (Å²) in [6.07, 6.45) is 9.77. The Bertz CT molecular complexity index is 223. The van der Waals surface area contributed by atoms with Crippen molar-refractivity contribution in [2.75, 3.05) is 13.6 Å². The number of nitrogens with one attached hydrogen (secondary N) is 1. The molecule has 4 unspecified atom stereocenters. The molecular formula is C15H30N2. The molecule has 0 radical (unpaired) electrons. The zero-order chi connectivity index (χ0) is 12.3. The Labute approximate surface area is 107 Å². The third kappa shape index (κ3) is 3.23. The molecule has 0 amide bonds. The highest BCUT2D eigenvalue weighted by atomic mass is 15.2. The van der Waals surface area contributed by atoms with Crippen molar-refractivity contribution in [1.29, 1.82) is 0 Å². The summed E-state index contributed by atoms with van der Waals surface area (Å²) in [5.74, 6) is 0.846. The summed E-state index contributed by atoms with van der Waals surface area (Å²) in [4.78, 5) is 2.65. The second-order valence-corrected chi connectivity index (χ2v) is 6.23. The predicted octanol–water partition coefficient (Wildman–Crippen LogP) is 3.03. The summed E-state index contributed by atoms with van der Waals surface area (Å²) in [5.41, 5.74) is 0. The summed E-state index contributed by atoms with van der Waals surface area (Å²) in [7, 11) is 2.34. The van der Waals surface area contributed by atoms with E-state index >= 15 is 0 Å². The second kappa shape index (κ2) is 6.19. The number of hydrogen-bond donors (Lipinski definition) is 1. The Morgan fingerprint density at radius 1 is 1.18 bits per heavy atom. The Kier molecular flexibility index (Phi) is 4.87. The lowest BCUT2D eigenvalue weighted by molar-refractivity contribution is 0.188. The van der Waals surface area contributed by atoms with Gasteiger partial charge in [0.05, 0.1) is 0 Å². The van der Waals surface area contributed by atoms with Crippen LogP contribution in [0.15, 0.2) is 0 Å². The van der Waals surface area contributed by atoms with Gasteiger partial charge in [-0.25, -0.2) is 0 Å². The summed E-state index contributed by atoms with van der Waals surface area (Å²) in [5, 5.41) is 3.71. The molecule has 17 heavy (non-hydrogen) atoms. The topological polar surface area (TPSA) is 15.3 Å². The van der Waals surface area contributed by atoms with Crippen LogP contribution in [0.2, 0.25) is 0 Å².